The molecule has 0 spiro atoms. The fourth-order valence-corrected chi connectivity index (χ4v) is 4.86. The zero-order valence-electron chi connectivity index (χ0n) is 19.3. The minimum absolute atomic E-state index is 0.107. The first-order valence-electron chi connectivity index (χ1n) is 12.1. The molecule has 0 aromatic heterocycles. The smallest absolute Gasteiger partial charge is 0.191 e. The number of guanidine groups is 1. The molecule has 2 saturated heterocycles. The van der Waals surface area contributed by atoms with Gasteiger partial charge in [0.05, 0.1) is 13.2 Å². The molecule has 1 atom stereocenters. The largest absolute Gasteiger partial charge is 0.381 e. The predicted octanol–water partition coefficient (Wildman–Crippen LogP) is 3.80. The van der Waals surface area contributed by atoms with Crippen molar-refractivity contribution in [2.75, 3.05) is 45.9 Å². The van der Waals surface area contributed by atoms with Crippen molar-refractivity contribution in [3.05, 3.63) is 35.9 Å². The van der Waals surface area contributed by atoms with Gasteiger partial charge in [-0.25, -0.2) is 0 Å². The van der Waals surface area contributed by atoms with Crippen LogP contribution in [0.1, 0.15) is 58.4 Å². The van der Waals surface area contributed by atoms with Gasteiger partial charge in [-0.05, 0) is 50.5 Å². The molecule has 5 heteroatoms. The molecule has 0 aliphatic carbocycles. The molecule has 2 aliphatic rings. The van der Waals surface area contributed by atoms with E-state index in [9.17, 15) is 0 Å². The number of ether oxygens (including phenoxy) is 1. The van der Waals surface area contributed by atoms with Crippen LogP contribution in [0.5, 0.6) is 0 Å². The van der Waals surface area contributed by atoms with Crippen molar-refractivity contribution in [2.45, 2.75) is 64.3 Å². The topological polar surface area (TPSA) is 48.9 Å². The maximum Gasteiger partial charge on any atom is 0.191 e. The molecule has 0 amide bonds. The van der Waals surface area contributed by atoms with Crippen LogP contribution in [0.3, 0.4) is 0 Å². The quantitative estimate of drug-likeness (QED) is 0.477. The first-order chi connectivity index (χ1) is 14.7. The van der Waals surface area contributed by atoms with Crippen LogP contribution < -0.4 is 10.6 Å². The van der Waals surface area contributed by atoms with E-state index in [4.69, 9.17) is 9.73 Å². The third-order valence-corrected chi connectivity index (χ3v) is 7.09. The first kappa shape index (κ1) is 23.1. The normalized spacial score (nSPS) is 21.7. The highest BCUT2D eigenvalue weighted by Crippen LogP contribution is 2.32. The molecule has 168 valence electrons. The van der Waals surface area contributed by atoms with Crippen molar-refractivity contribution in [3.8, 4) is 0 Å². The summed E-state index contributed by atoms with van der Waals surface area (Å²) < 4.78 is 5.54. The van der Waals surface area contributed by atoms with Gasteiger partial charge in [-0.3, -0.25) is 4.99 Å². The highest BCUT2D eigenvalue weighted by molar-refractivity contribution is 5.80. The highest BCUT2D eigenvalue weighted by atomic mass is 16.5. The van der Waals surface area contributed by atoms with Crippen LogP contribution in [0.15, 0.2) is 35.3 Å². The lowest BCUT2D eigenvalue weighted by atomic mass is 9.76. The van der Waals surface area contributed by atoms with E-state index in [1.165, 1.54) is 44.5 Å². The van der Waals surface area contributed by atoms with Crippen LogP contribution in [0, 0.1) is 5.92 Å². The van der Waals surface area contributed by atoms with Gasteiger partial charge in [-0.2, -0.15) is 0 Å². The van der Waals surface area contributed by atoms with Crippen molar-refractivity contribution in [2.24, 2.45) is 10.9 Å². The first-order valence-corrected chi connectivity index (χ1v) is 12.1. The van der Waals surface area contributed by atoms with Gasteiger partial charge in [-0.1, -0.05) is 44.2 Å². The van der Waals surface area contributed by atoms with Crippen molar-refractivity contribution >= 4 is 5.96 Å². The van der Waals surface area contributed by atoms with Gasteiger partial charge in [0.15, 0.2) is 5.96 Å². The Balaban J connectivity index is 1.56. The Kier molecular flexibility index (Phi) is 9.01. The third-order valence-electron chi connectivity index (χ3n) is 7.09. The average molecular weight is 415 g/mol. The number of nitrogens with one attached hydrogen (secondary N) is 2. The maximum atomic E-state index is 5.54. The zero-order chi connectivity index (χ0) is 21.2. The number of piperidine rings is 1. The molecule has 3 rings (SSSR count). The molecule has 2 fully saturated rings. The fraction of sp³-hybridized carbons (Fsp3) is 0.720. The SMILES string of the molecule is CCNC(=NCC(CC)(CC)c1ccccc1)NC1CCN(CC2CCOC2)CC1. The van der Waals surface area contributed by atoms with E-state index in [1.54, 1.807) is 0 Å². The fourth-order valence-electron chi connectivity index (χ4n) is 4.86. The van der Waals surface area contributed by atoms with Gasteiger partial charge in [0.2, 0.25) is 0 Å². The second-order valence-electron chi connectivity index (χ2n) is 9.00. The summed E-state index contributed by atoms with van der Waals surface area (Å²) in [4.78, 5) is 7.69. The molecule has 0 bridgehead atoms. The number of rotatable bonds is 9. The van der Waals surface area contributed by atoms with Crippen LogP contribution >= 0.6 is 0 Å². The van der Waals surface area contributed by atoms with E-state index in [-0.39, 0.29) is 5.41 Å². The Labute approximate surface area is 183 Å². The molecule has 2 N–H and O–H groups in total. The van der Waals surface area contributed by atoms with Crippen LogP contribution in [0.4, 0.5) is 0 Å². The molecule has 2 heterocycles. The van der Waals surface area contributed by atoms with E-state index < -0.39 is 0 Å². The Morgan fingerprint density at radius 3 is 2.43 bits per heavy atom. The van der Waals surface area contributed by atoms with Gasteiger partial charge in [0.25, 0.3) is 0 Å². The van der Waals surface area contributed by atoms with Crippen molar-refractivity contribution < 1.29 is 4.74 Å². The third kappa shape index (κ3) is 6.21. The van der Waals surface area contributed by atoms with Gasteiger partial charge < -0.3 is 20.3 Å². The summed E-state index contributed by atoms with van der Waals surface area (Å²) in [5, 5.41) is 7.21. The second-order valence-corrected chi connectivity index (χ2v) is 9.00. The summed E-state index contributed by atoms with van der Waals surface area (Å²) in [7, 11) is 0. The highest BCUT2D eigenvalue weighted by Gasteiger charge is 2.29. The number of benzene rings is 1. The van der Waals surface area contributed by atoms with Crippen LogP contribution in [0.25, 0.3) is 0 Å². The molecular weight excluding hydrogens is 372 g/mol. The molecule has 0 radical (unpaired) electrons. The van der Waals surface area contributed by atoms with Crippen LogP contribution in [0.2, 0.25) is 0 Å². The summed E-state index contributed by atoms with van der Waals surface area (Å²) in [6.07, 6.45) is 5.79. The molecule has 0 saturated carbocycles. The zero-order valence-corrected chi connectivity index (χ0v) is 19.3. The number of nitrogens with zero attached hydrogens (tertiary/aromatic N) is 2. The van der Waals surface area contributed by atoms with Crippen molar-refractivity contribution in [1.82, 2.24) is 15.5 Å². The van der Waals surface area contributed by atoms with Gasteiger partial charge in [0.1, 0.15) is 0 Å². The van der Waals surface area contributed by atoms with Crippen molar-refractivity contribution in [3.63, 3.8) is 0 Å². The van der Waals surface area contributed by atoms with E-state index in [0.29, 0.717) is 6.04 Å². The van der Waals surface area contributed by atoms with Gasteiger partial charge in [-0.15, -0.1) is 0 Å². The average Bonchev–Trinajstić information content (AvgIpc) is 3.30. The second kappa shape index (κ2) is 11.7. The molecule has 1 aromatic carbocycles. The number of hydrogen-bond acceptors (Lipinski definition) is 3. The Bertz CT molecular complexity index is 630. The van der Waals surface area contributed by atoms with E-state index in [1.807, 2.05) is 0 Å². The minimum Gasteiger partial charge on any atom is -0.381 e. The van der Waals surface area contributed by atoms with E-state index in [2.05, 4.69) is 66.6 Å². The number of hydrogen-bond donors (Lipinski definition) is 2. The standard InChI is InChI=1S/C25H42N4O/c1-4-25(5-2,22-10-8-7-9-11-22)20-27-24(26-6-3)28-23-12-15-29(16-13-23)18-21-14-17-30-19-21/h7-11,21,23H,4-6,12-20H2,1-3H3,(H2,26,27,28). The summed E-state index contributed by atoms with van der Waals surface area (Å²) in [6.45, 7) is 13.9. The minimum atomic E-state index is 0.107. The lowest BCUT2D eigenvalue weighted by Gasteiger charge is -2.35. The molecule has 2 aliphatic heterocycles. The summed E-state index contributed by atoms with van der Waals surface area (Å²) in [6, 6.07) is 11.4. The lowest BCUT2D eigenvalue weighted by Crippen LogP contribution is -2.49. The molecular formula is C25H42N4O. The molecule has 1 unspecified atom stereocenters. The molecule has 5 nitrogen and oxygen atoms in total. The van der Waals surface area contributed by atoms with Gasteiger partial charge >= 0.3 is 0 Å². The Morgan fingerprint density at radius 1 is 1.10 bits per heavy atom. The molecule has 30 heavy (non-hydrogen) atoms. The Hall–Kier alpha value is -1.59. The Morgan fingerprint density at radius 2 is 1.83 bits per heavy atom. The van der Waals surface area contributed by atoms with Crippen LogP contribution in [-0.2, 0) is 10.2 Å². The monoisotopic (exact) mass is 414 g/mol. The summed E-state index contributed by atoms with van der Waals surface area (Å²) in [5.74, 6) is 1.71. The van der Waals surface area contributed by atoms with E-state index >= 15 is 0 Å². The predicted molar refractivity (Wildman–Crippen MR) is 126 cm³/mol. The van der Waals surface area contributed by atoms with E-state index in [0.717, 1.165) is 51.0 Å². The summed E-state index contributed by atoms with van der Waals surface area (Å²) >= 11 is 0. The van der Waals surface area contributed by atoms with Gasteiger partial charge in [0, 0.05) is 44.2 Å². The number of aliphatic imine (C=N–C) groups is 1. The summed E-state index contributed by atoms with van der Waals surface area (Å²) in [5.41, 5.74) is 1.51. The number of likely N-dealkylation sites (tertiary alicyclic amines) is 1. The van der Waals surface area contributed by atoms with Crippen molar-refractivity contribution in [1.29, 1.82) is 0 Å². The lowest BCUT2D eigenvalue weighted by molar-refractivity contribution is 0.150. The maximum absolute atomic E-state index is 5.54. The molecule has 1 aromatic rings. The van der Waals surface area contributed by atoms with Crippen LogP contribution in [-0.4, -0.2) is 62.8 Å².